The van der Waals surface area contributed by atoms with E-state index in [-0.39, 0.29) is 0 Å². The number of rotatable bonds is 5. The van der Waals surface area contributed by atoms with Crippen molar-refractivity contribution in [2.45, 2.75) is 39.5 Å². The fourth-order valence-corrected chi connectivity index (χ4v) is 4.05. The van der Waals surface area contributed by atoms with Crippen molar-refractivity contribution >= 4 is 29.3 Å². The molecular weight excluding hydrogens is 371 g/mol. The van der Waals surface area contributed by atoms with E-state index in [4.69, 9.17) is 23.2 Å². The van der Waals surface area contributed by atoms with E-state index >= 15 is 0 Å². The van der Waals surface area contributed by atoms with Gasteiger partial charge in [-0.05, 0) is 74.3 Å². The van der Waals surface area contributed by atoms with Crippen LogP contribution in [0.1, 0.15) is 44.2 Å². The molecule has 0 fully saturated rings. The summed E-state index contributed by atoms with van der Waals surface area (Å²) in [5.74, 6) is 0.737. The van der Waals surface area contributed by atoms with Gasteiger partial charge in [-0.3, -0.25) is 0 Å². The fraction of sp³-hybridized carbons (Fsp3) is 0.280. The lowest BCUT2D eigenvalue weighted by Gasteiger charge is -2.12. The minimum Gasteiger partial charge on any atom is -0.103 e. The minimum absolute atomic E-state index is 0.700. The van der Waals surface area contributed by atoms with Crippen LogP contribution < -0.4 is 0 Å². The van der Waals surface area contributed by atoms with Crippen LogP contribution in [0.3, 0.4) is 0 Å². The Balaban J connectivity index is 0.000000817. The van der Waals surface area contributed by atoms with E-state index < -0.39 is 0 Å². The molecule has 1 aliphatic carbocycles. The van der Waals surface area contributed by atoms with E-state index in [1.807, 2.05) is 38.1 Å². The van der Waals surface area contributed by atoms with E-state index in [2.05, 4.69) is 43.0 Å². The van der Waals surface area contributed by atoms with Crippen LogP contribution in [0.15, 0.2) is 67.3 Å². The van der Waals surface area contributed by atoms with E-state index in [9.17, 15) is 0 Å². The highest BCUT2D eigenvalue weighted by Gasteiger charge is 2.12. The molecule has 2 aromatic rings. The molecule has 2 heteroatoms. The third-order valence-corrected chi connectivity index (χ3v) is 5.15. The second-order valence-corrected chi connectivity index (χ2v) is 7.59. The molecule has 0 saturated carbocycles. The standard InChI is InChI=1S/C22H22Cl2.C3H6/c1-2-6-18-14-20(23)22(21(24)15-18)19-10-5-9-17(13-19)12-11-16-7-3-4-8-16;1-3-2/h2-3,5-7,9-10,13-16H,4,8,11-12H2,1H3;3H,1H2,2H3/b6-2+;. The molecule has 2 aromatic carbocycles. The summed E-state index contributed by atoms with van der Waals surface area (Å²) in [6.07, 6.45) is 15.2. The average Bonchev–Trinajstić information content (AvgIpc) is 3.14. The van der Waals surface area contributed by atoms with Crippen LogP contribution in [0.4, 0.5) is 0 Å². The molecule has 0 heterocycles. The van der Waals surface area contributed by atoms with E-state index in [0.29, 0.717) is 10.0 Å². The Kier molecular flexibility index (Phi) is 8.91. The molecule has 1 atom stereocenters. The van der Waals surface area contributed by atoms with Crippen LogP contribution >= 0.6 is 23.2 Å². The fourth-order valence-electron chi connectivity index (χ4n) is 3.33. The summed E-state index contributed by atoms with van der Waals surface area (Å²) in [5, 5.41) is 1.40. The smallest absolute Gasteiger partial charge is 0.0505 e. The first-order valence-electron chi connectivity index (χ1n) is 9.53. The van der Waals surface area contributed by atoms with Crippen LogP contribution in [0.5, 0.6) is 0 Å². The van der Waals surface area contributed by atoms with E-state index in [1.54, 1.807) is 6.08 Å². The third kappa shape index (κ3) is 6.41. The molecule has 0 N–H and O–H groups in total. The monoisotopic (exact) mass is 398 g/mol. The zero-order valence-electron chi connectivity index (χ0n) is 16.2. The van der Waals surface area contributed by atoms with Gasteiger partial charge in [0.1, 0.15) is 0 Å². The highest BCUT2D eigenvalue weighted by molar-refractivity contribution is 6.39. The predicted octanol–water partition coefficient (Wildman–Crippen LogP) is 8.78. The number of benzene rings is 2. The second kappa shape index (κ2) is 11.2. The van der Waals surface area contributed by atoms with Crippen LogP contribution in [-0.2, 0) is 6.42 Å². The Morgan fingerprint density at radius 3 is 2.41 bits per heavy atom. The molecule has 27 heavy (non-hydrogen) atoms. The first kappa shape index (κ1) is 21.5. The Labute approximate surface area is 174 Å². The van der Waals surface area contributed by atoms with Crippen molar-refractivity contribution in [1.29, 1.82) is 0 Å². The van der Waals surface area contributed by atoms with Crippen LogP contribution in [0.2, 0.25) is 10.0 Å². The van der Waals surface area contributed by atoms with Gasteiger partial charge in [-0.2, -0.15) is 0 Å². The van der Waals surface area contributed by atoms with Crippen LogP contribution in [0, 0.1) is 5.92 Å². The third-order valence-electron chi connectivity index (χ3n) is 4.56. The Bertz CT molecular complexity index is 792. The zero-order chi connectivity index (χ0) is 19.6. The Hall–Kier alpha value is -1.76. The summed E-state index contributed by atoms with van der Waals surface area (Å²) in [6, 6.07) is 12.5. The summed E-state index contributed by atoms with van der Waals surface area (Å²) in [4.78, 5) is 0. The Morgan fingerprint density at radius 1 is 1.11 bits per heavy atom. The highest BCUT2D eigenvalue weighted by atomic mass is 35.5. The van der Waals surface area contributed by atoms with Crippen LogP contribution in [-0.4, -0.2) is 0 Å². The molecule has 0 aliphatic heterocycles. The second-order valence-electron chi connectivity index (χ2n) is 6.77. The van der Waals surface area contributed by atoms with Gasteiger partial charge >= 0.3 is 0 Å². The Morgan fingerprint density at radius 2 is 1.81 bits per heavy atom. The summed E-state index contributed by atoms with van der Waals surface area (Å²) < 4.78 is 0. The molecule has 0 saturated heterocycles. The SMILES string of the molecule is C/C=C/c1cc(Cl)c(-c2cccc(CCC3C=CCC3)c2)c(Cl)c1.C=CC. The van der Waals surface area contributed by atoms with Gasteiger partial charge in [0.25, 0.3) is 0 Å². The molecule has 0 bridgehead atoms. The molecule has 142 valence electrons. The lowest BCUT2D eigenvalue weighted by molar-refractivity contribution is 0.578. The van der Waals surface area contributed by atoms with Gasteiger partial charge in [-0.1, -0.05) is 77.8 Å². The highest BCUT2D eigenvalue weighted by Crippen LogP contribution is 2.36. The summed E-state index contributed by atoms with van der Waals surface area (Å²) >= 11 is 13.0. The summed E-state index contributed by atoms with van der Waals surface area (Å²) in [5.41, 5.74) is 4.39. The first-order chi connectivity index (χ1) is 13.1. The molecule has 1 unspecified atom stereocenters. The predicted molar refractivity (Wildman–Crippen MR) is 123 cm³/mol. The van der Waals surface area contributed by atoms with Gasteiger partial charge in [-0.25, -0.2) is 0 Å². The molecule has 3 rings (SSSR count). The lowest BCUT2D eigenvalue weighted by atomic mass is 9.96. The maximum atomic E-state index is 6.51. The van der Waals surface area contributed by atoms with Crippen molar-refractivity contribution in [2.75, 3.05) is 0 Å². The van der Waals surface area contributed by atoms with Crippen molar-refractivity contribution in [2.24, 2.45) is 5.92 Å². The van der Waals surface area contributed by atoms with Gasteiger partial charge in [0.05, 0.1) is 10.0 Å². The molecular formula is C25H28Cl2. The van der Waals surface area contributed by atoms with Gasteiger partial charge in [0.2, 0.25) is 0 Å². The van der Waals surface area contributed by atoms with Gasteiger partial charge in [-0.15, -0.1) is 6.58 Å². The summed E-state index contributed by atoms with van der Waals surface area (Å²) in [6.45, 7) is 7.23. The number of hydrogen-bond acceptors (Lipinski definition) is 0. The zero-order valence-corrected chi connectivity index (χ0v) is 17.7. The molecule has 0 spiro atoms. The topological polar surface area (TPSA) is 0 Å². The normalized spacial score (nSPS) is 15.6. The van der Waals surface area contributed by atoms with Crippen molar-refractivity contribution < 1.29 is 0 Å². The number of aryl methyl sites for hydroxylation is 1. The van der Waals surface area contributed by atoms with Crippen molar-refractivity contribution in [3.63, 3.8) is 0 Å². The average molecular weight is 399 g/mol. The van der Waals surface area contributed by atoms with Crippen molar-refractivity contribution in [3.05, 3.63) is 88.5 Å². The molecule has 0 aromatic heterocycles. The molecule has 0 amide bonds. The first-order valence-corrected chi connectivity index (χ1v) is 10.3. The quantitative estimate of drug-likeness (QED) is 0.441. The largest absolute Gasteiger partial charge is 0.103 e. The number of hydrogen-bond donors (Lipinski definition) is 0. The van der Waals surface area contributed by atoms with Crippen LogP contribution in [0.25, 0.3) is 17.2 Å². The lowest BCUT2D eigenvalue weighted by Crippen LogP contribution is -1.95. The van der Waals surface area contributed by atoms with E-state index in [0.717, 1.165) is 29.0 Å². The van der Waals surface area contributed by atoms with Crippen molar-refractivity contribution in [3.8, 4) is 11.1 Å². The summed E-state index contributed by atoms with van der Waals surface area (Å²) in [7, 11) is 0. The van der Waals surface area contributed by atoms with Crippen molar-refractivity contribution in [1.82, 2.24) is 0 Å². The molecule has 0 radical (unpaired) electrons. The van der Waals surface area contributed by atoms with Gasteiger partial charge in [0, 0.05) is 5.56 Å². The maximum Gasteiger partial charge on any atom is 0.0505 e. The van der Waals surface area contributed by atoms with Gasteiger partial charge in [0.15, 0.2) is 0 Å². The van der Waals surface area contributed by atoms with E-state index in [1.165, 1.54) is 24.8 Å². The minimum atomic E-state index is 0.700. The van der Waals surface area contributed by atoms with Gasteiger partial charge < -0.3 is 0 Å². The maximum absolute atomic E-state index is 6.51. The number of halogens is 2. The molecule has 0 nitrogen and oxygen atoms in total. The number of allylic oxidation sites excluding steroid dienone is 4. The molecule has 1 aliphatic rings.